The molecule has 0 spiro atoms. The summed E-state index contributed by atoms with van der Waals surface area (Å²) < 4.78 is 49.8. The van der Waals surface area contributed by atoms with E-state index in [1.807, 2.05) is 0 Å². The smallest absolute Gasteiger partial charge is 0.243 e. The second-order valence-electron chi connectivity index (χ2n) is 5.56. The summed E-state index contributed by atoms with van der Waals surface area (Å²) in [6, 6.07) is 2.72. The first-order chi connectivity index (χ1) is 9.54. The highest BCUT2D eigenvalue weighted by Gasteiger charge is 2.37. The highest BCUT2D eigenvalue weighted by molar-refractivity contribution is 7.92. The molecule has 2 rings (SSSR count). The zero-order valence-corrected chi connectivity index (χ0v) is 14.0. The second-order valence-corrected chi connectivity index (χ2v) is 9.73. The van der Waals surface area contributed by atoms with Gasteiger partial charge in [0.25, 0.3) is 0 Å². The van der Waals surface area contributed by atoms with Crippen molar-refractivity contribution in [3.8, 4) is 0 Å². The Labute approximate surface area is 125 Å². The number of aryl methyl sites for hydroxylation is 2. The van der Waals surface area contributed by atoms with E-state index in [1.165, 1.54) is 11.4 Å². The summed E-state index contributed by atoms with van der Waals surface area (Å²) in [5.41, 5.74) is 7.37. The van der Waals surface area contributed by atoms with Gasteiger partial charge in [-0.25, -0.2) is 16.8 Å². The maximum absolute atomic E-state index is 12.8. The van der Waals surface area contributed by atoms with E-state index in [1.54, 1.807) is 26.0 Å². The number of sulfone groups is 1. The van der Waals surface area contributed by atoms with Crippen LogP contribution in [0.5, 0.6) is 0 Å². The van der Waals surface area contributed by atoms with Crippen molar-refractivity contribution in [1.29, 1.82) is 0 Å². The first-order valence-corrected chi connectivity index (χ1v) is 9.86. The summed E-state index contributed by atoms with van der Waals surface area (Å²) in [5.74, 6) is -0.0764. The van der Waals surface area contributed by atoms with Gasteiger partial charge in [-0.1, -0.05) is 0 Å². The van der Waals surface area contributed by atoms with Crippen molar-refractivity contribution >= 4 is 25.5 Å². The summed E-state index contributed by atoms with van der Waals surface area (Å²) in [7, 11) is -5.43. The fourth-order valence-electron chi connectivity index (χ4n) is 2.79. The van der Waals surface area contributed by atoms with E-state index < -0.39 is 25.9 Å². The molecule has 1 aromatic rings. The monoisotopic (exact) mass is 332 g/mol. The van der Waals surface area contributed by atoms with E-state index in [0.29, 0.717) is 23.2 Å². The number of hydrogen-bond acceptors (Lipinski definition) is 5. The fraction of sp³-hybridized carbons (Fsp3) is 0.538. The van der Waals surface area contributed by atoms with Gasteiger partial charge in [0.1, 0.15) is 0 Å². The molecular weight excluding hydrogens is 312 g/mol. The number of sulfonamides is 1. The number of anilines is 1. The molecule has 0 radical (unpaired) electrons. The molecule has 1 heterocycles. The van der Waals surface area contributed by atoms with Crippen LogP contribution in [0.3, 0.4) is 0 Å². The van der Waals surface area contributed by atoms with Crippen LogP contribution in [0.1, 0.15) is 17.5 Å². The van der Waals surface area contributed by atoms with Crippen LogP contribution < -0.4 is 5.73 Å². The third kappa shape index (κ3) is 3.07. The summed E-state index contributed by atoms with van der Waals surface area (Å²) in [6.45, 7) is 3.38. The molecule has 1 fully saturated rings. The minimum Gasteiger partial charge on any atom is -0.399 e. The van der Waals surface area contributed by atoms with Gasteiger partial charge in [0.2, 0.25) is 10.0 Å². The van der Waals surface area contributed by atoms with E-state index >= 15 is 0 Å². The first-order valence-electron chi connectivity index (χ1n) is 6.60. The molecule has 1 unspecified atom stereocenters. The molecule has 0 amide bonds. The van der Waals surface area contributed by atoms with E-state index in [9.17, 15) is 16.8 Å². The molecule has 1 aromatic carbocycles. The van der Waals surface area contributed by atoms with E-state index in [0.717, 1.165) is 0 Å². The molecule has 1 saturated heterocycles. The number of nitrogens with zero attached hydrogens (tertiary/aromatic N) is 1. The minimum absolute atomic E-state index is 0.0389. The molecule has 0 saturated carbocycles. The molecule has 8 heteroatoms. The van der Waals surface area contributed by atoms with Crippen LogP contribution in [-0.4, -0.2) is 45.7 Å². The molecule has 6 nitrogen and oxygen atoms in total. The molecule has 1 atom stereocenters. The van der Waals surface area contributed by atoms with Crippen molar-refractivity contribution in [2.75, 3.05) is 24.3 Å². The quantitative estimate of drug-likeness (QED) is 0.822. The van der Waals surface area contributed by atoms with Crippen LogP contribution in [0.2, 0.25) is 0 Å². The van der Waals surface area contributed by atoms with Crippen molar-refractivity contribution in [2.45, 2.75) is 31.2 Å². The standard InChI is InChI=1S/C13H20N2O4S2/c1-9-6-11(14)7-10(2)13(9)21(18,19)15(3)12-4-5-20(16,17)8-12/h6-7,12H,4-5,8,14H2,1-3H3. The lowest BCUT2D eigenvalue weighted by molar-refractivity contribution is 0.393. The third-order valence-corrected chi connectivity index (χ3v) is 7.81. The zero-order valence-electron chi connectivity index (χ0n) is 12.3. The van der Waals surface area contributed by atoms with Gasteiger partial charge in [-0.05, 0) is 43.5 Å². The van der Waals surface area contributed by atoms with Crippen LogP contribution >= 0.6 is 0 Å². The van der Waals surface area contributed by atoms with Gasteiger partial charge in [-0.2, -0.15) is 4.31 Å². The predicted molar refractivity (Wildman–Crippen MR) is 82.3 cm³/mol. The lowest BCUT2D eigenvalue weighted by Gasteiger charge is -2.24. The Kier molecular flexibility index (Phi) is 4.07. The molecule has 2 N–H and O–H groups in total. The lowest BCUT2D eigenvalue weighted by Crippen LogP contribution is -2.38. The van der Waals surface area contributed by atoms with Crippen LogP contribution in [0.15, 0.2) is 17.0 Å². The van der Waals surface area contributed by atoms with Crippen molar-refractivity contribution in [1.82, 2.24) is 4.31 Å². The molecule has 21 heavy (non-hydrogen) atoms. The number of nitrogens with two attached hydrogens (primary N) is 1. The third-order valence-electron chi connectivity index (χ3n) is 3.84. The topological polar surface area (TPSA) is 97.5 Å². The summed E-state index contributed by atoms with van der Waals surface area (Å²) in [4.78, 5) is 0.212. The number of nitrogen functional groups attached to an aromatic ring is 1. The molecule has 1 aliphatic rings. The Morgan fingerprint density at radius 1 is 1.24 bits per heavy atom. The van der Waals surface area contributed by atoms with Crippen molar-refractivity contribution in [3.05, 3.63) is 23.3 Å². The Bertz CT molecular complexity index is 746. The molecule has 0 aliphatic carbocycles. The van der Waals surface area contributed by atoms with E-state index in [2.05, 4.69) is 0 Å². The van der Waals surface area contributed by atoms with Crippen molar-refractivity contribution in [2.24, 2.45) is 0 Å². The fourth-order valence-corrected chi connectivity index (χ4v) is 6.45. The predicted octanol–water partition coefficient (Wildman–Crippen LogP) is 0.693. The molecule has 0 aromatic heterocycles. The largest absolute Gasteiger partial charge is 0.399 e. The Hall–Kier alpha value is -1.12. The van der Waals surface area contributed by atoms with Crippen LogP contribution in [-0.2, 0) is 19.9 Å². The van der Waals surface area contributed by atoms with Crippen molar-refractivity contribution in [3.63, 3.8) is 0 Å². The van der Waals surface area contributed by atoms with Gasteiger partial charge in [0, 0.05) is 18.8 Å². The number of rotatable bonds is 3. The van der Waals surface area contributed by atoms with Gasteiger partial charge in [-0.15, -0.1) is 0 Å². The van der Waals surface area contributed by atoms with Gasteiger partial charge in [0.15, 0.2) is 9.84 Å². The van der Waals surface area contributed by atoms with Crippen LogP contribution in [0, 0.1) is 13.8 Å². The number of benzene rings is 1. The van der Waals surface area contributed by atoms with Gasteiger partial charge in [-0.3, -0.25) is 0 Å². The van der Waals surface area contributed by atoms with Crippen LogP contribution in [0.25, 0.3) is 0 Å². The molecule has 0 bridgehead atoms. The average molecular weight is 332 g/mol. The number of hydrogen-bond donors (Lipinski definition) is 1. The van der Waals surface area contributed by atoms with E-state index in [4.69, 9.17) is 5.73 Å². The normalized spacial score (nSPS) is 21.8. The maximum Gasteiger partial charge on any atom is 0.243 e. The minimum atomic E-state index is -3.74. The average Bonchev–Trinajstić information content (AvgIpc) is 2.66. The Morgan fingerprint density at radius 2 is 1.76 bits per heavy atom. The van der Waals surface area contributed by atoms with Gasteiger partial charge in [0.05, 0.1) is 16.4 Å². The maximum atomic E-state index is 12.8. The molecular formula is C13H20N2O4S2. The summed E-state index contributed by atoms with van der Waals surface area (Å²) >= 11 is 0. The highest BCUT2D eigenvalue weighted by Crippen LogP contribution is 2.29. The lowest BCUT2D eigenvalue weighted by atomic mass is 10.1. The van der Waals surface area contributed by atoms with Crippen LogP contribution in [0.4, 0.5) is 5.69 Å². The second kappa shape index (κ2) is 5.26. The SMILES string of the molecule is Cc1cc(N)cc(C)c1S(=O)(=O)N(C)C1CCS(=O)(=O)C1. The molecule has 1 aliphatic heterocycles. The van der Waals surface area contributed by atoms with Gasteiger partial charge >= 0.3 is 0 Å². The van der Waals surface area contributed by atoms with Gasteiger partial charge < -0.3 is 5.73 Å². The molecule has 118 valence electrons. The highest BCUT2D eigenvalue weighted by atomic mass is 32.2. The van der Waals surface area contributed by atoms with E-state index in [-0.39, 0.29) is 16.4 Å². The Morgan fingerprint density at radius 3 is 2.19 bits per heavy atom. The Balaban J connectivity index is 2.44. The first kappa shape index (κ1) is 16.3. The van der Waals surface area contributed by atoms with Crippen molar-refractivity contribution < 1.29 is 16.8 Å². The summed E-state index contributed by atoms with van der Waals surface area (Å²) in [5, 5.41) is 0. The summed E-state index contributed by atoms with van der Waals surface area (Å²) in [6.07, 6.45) is 0.338. The zero-order chi connectivity index (χ0) is 16.0.